The molecule has 0 aromatic carbocycles. The van der Waals surface area contributed by atoms with Crippen molar-refractivity contribution in [2.24, 2.45) is 0 Å². The maximum atomic E-state index is 11.8. The minimum Gasteiger partial charge on any atom is -0.463 e. The third-order valence-electron chi connectivity index (χ3n) is 2.90. The van der Waals surface area contributed by atoms with Gasteiger partial charge in [-0.3, -0.25) is 4.79 Å². The molecule has 2 N–H and O–H groups in total. The maximum Gasteiger partial charge on any atom is 0.376 e. The Hall–Kier alpha value is -2.18. The molecule has 1 aliphatic carbocycles. The van der Waals surface area contributed by atoms with Crippen LogP contribution in [0.15, 0.2) is 6.07 Å². The third-order valence-corrected chi connectivity index (χ3v) is 2.90. The monoisotopic (exact) mass is 278 g/mol. The summed E-state index contributed by atoms with van der Waals surface area (Å²) in [5, 5.41) is 5.86. The number of nitrogens with one attached hydrogen (secondary N) is 2. The molecule has 1 aliphatic rings. The summed E-state index contributed by atoms with van der Waals surface area (Å²) in [7, 11) is 1.27. The minimum atomic E-state index is -0.605. The van der Waals surface area contributed by atoms with E-state index in [0.717, 1.165) is 12.8 Å². The van der Waals surface area contributed by atoms with E-state index in [1.165, 1.54) is 7.11 Å². The van der Waals surface area contributed by atoms with Crippen molar-refractivity contribution in [3.05, 3.63) is 17.6 Å². The van der Waals surface area contributed by atoms with Gasteiger partial charge in [-0.15, -0.1) is 0 Å². The lowest BCUT2D eigenvalue weighted by Gasteiger charge is -2.15. The van der Waals surface area contributed by atoms with Crippen LogP contribution in [0.25, 0.3) is 0 Å². The smallest absolute Gasteiger partial charge is 0.376 e. The number of anilines is 1. The van der Waals surface area contributed by atoms with Crippen LogP contribution in [-0.2, 0) is 9.53 Å². The third kappa shape index (κ3) is 3.66. The first-order valence-corrected chi connectivity index (χ1v) is 6.50. The van der Waals surface area contributed by atoms with E-state index in [1.807, 2.05) is 0 Å². The number of aryl methyl sites for hydroxylation is 1. The molecule has 1 aromatic rings. The number of ether oxygens (including phenoxy) is 1. The van der Waals surface area contributed by atoms with Crippen molar-refractivity contribution in [3.63, 3.8) is 0 Å². The highest BCUT2D eigenvalue weighted by atomic mass is 16.5. The summed E-state index contributed by atoms with van der Waals surface area (Å²) in [5.41, 5.74) is 0.623. The molecule has 108 valence electrons. The van der Waals surface area contributed by atoms with E-state index in [9.17, 15) is 9.59 Å². The zero-order valence-electron chi connectivity index (χ0n) is 11.8. The molecule has 1 fully saturated rings. The quantitative estimate of drug-likeness (QED) is 0.768. The van der Waals surface area contributed by atoms with Crippen molar-refractivity contribution in [2.75, 3.05) is 12.4 Å². The average molecular weight is 278 g/mol. The van der Waals surface area contributed by atoms with Crippen LogP contribution >= 0.6 is 0 Å². The van der Waals surface area contributed by atoms with E-state index in [1.54, 1.807) is 19.9 Å². The van der Waals surface area contributed by atoms with Gasteiger partial charge in [0, 0.05) is 17.8 Å². The molecular weight excluding hydrogens is 260 g/mol. The van der Waals surface area contributed by atoms with E-state index in [4.69, 9.17) is 0 Å². The second kappa shape index (κ2) is 5.85. The van der Waals surface area contributed by atoms with Gasteiger partial charge < -0.3 is 15.4 Å². The van der Waals surface area contributed by atoms with Crippen molar-refractivity contribution in [2.45, 2.75) is 38.8 Å². The topological polar surface area (TPSA) is 93.2 Å². The molecule has 1 heterocycles. The summed E-state index contributed by atoms with van der Waals surface area (Å²) in [6, 6.07) is 1.55. The van der Waals surface area contributed by atoms with Crippen molar-refractivity contribution in [1.82, 2.24) is 15.3 Å². The summed E-state index contributed by atoms with van der Waals surface area (Å²) in [6.45, 7) is 3.49. The molecule has 1 unspecified atom stereocenters. The highest BCUT2D eigenvalue weighted by Crippen LogP contribution is 2.19. The fraction of sp³-hybridized carbons (Fsp3) is 0.538. The number of aromatic nitrogens is 2. The minimum absolute atomic E-state index is 0.0233. The second-order valence-electron chi connectivity index (χ2n) is 4.86. The number of hydrogen-bond acceptors (Lipinski definition) is 6. The number of methoxy groups -OCH3 is 1. The van der Waals surface area contributed by atoms with Gasteiger partial charge >= 0.3 is 5.97 Å². The molecular formula is C13H18N4O3. The molecule has 1 saturated carbocycles. The Kier molecular flexibility index (Phi) is 4.16. The van der Waals surface area contributed by atoms with Crippen LogP contribution in [0.2, 0.25) is 0 Å². The van der Waals surface area contributed by atoms with Crippen LogP contribution < -0.4 is 10.6 Å². The van der Waals surface area contributed by atoms with Gasteiger partial charge in [-0.25, -0.2) is 14.8 Å². The molecule has 1 aromatic heterocycles. The van der Waals surface area contributed by atoms with Gasteiger partial charge in [0.15, 0.2) is 0 Å². The predicted octanol–water partition coefficient (Wildman–Crippen LogP) is 0.651. The van der Waals surface area contributed by atoms with Crippen LogP contribution in [0, 0.1) is 6.92 Å². The first kappa shape index (κ1) is 14.2. The first-order chi connectivity index (χ1) is 9.49. The van der Waals surface area contributed by atoms with E-state index < -0.39 is 12.0 Å². The Labute approximate surface area is 117 Å². The number of carbonyl (C=O) groups excluding carboxylic acids is 2. The van der Waals surface area contributed by atoms with E-state index in [-0.39, 0.29) is 11.7 Å². The molecule has 1 atom stereocenters. The van der Waals surface area contributed by atoms with E-state index in [0.29, 0.717) is 17.6 Å². The number of amides is 1. The van der Waals surface area contributed by atoms with E-state index in [2.05, 4.69) is 25.3 Å². The Morgan fingerprint density at radius 1 is 1.40 bits per heavy atom. The summed E-state index contributed by atoms with van der Waals surface area (Å²) >= 11 is 0. The number of esters is 1. The van der Waals surface area contributed by atoms with Crippen molar-refractivity contribution in [1.29, 1.82) is 0 Å². The van der Waals surface area contributed by atoms with Gasteiger partial charge in [-0.1, -0.05) is 0 Å². The van der Waals surface area contributed by atoms with Crippen molar-refractivity contribution in [3.8, 4) is 0 Å². The zero-order valence-corrected chi connectivity index (χ0v) is 11.8. The fourth-order valence-corrected chi connectivity index (χ4v) is 1.67. The van der Waals surface area contributed by atoms with Crippen molar-refractivity contribution >= 4 is 17.7 Å². The fourth-order valence-electron chi connectivity index (χ4n) is 1.67. The van der Waals surface area contributed by atoms with Crippen LogP contribution in [0.5, 0.6) is 0 Å². The number of nitrogens with zero attached hydrogens (tertiary/aromatic N) is 2. The van der Waals surface area contributed by atoms with Crippen LogP contribution in [0.1, 0.15) is 36.1 Å². The standard InChI is InChI=1S/C13H18N4O3/c1-7-6-10(17-11(14-7)13(19)20-3)15-8(2)12(18)16-9-4-5-9/h6,8-9H,4-5H2,1-3H3,(H,16,18)(H,14,15,17). The maximum absolute atomic E-state index is 11.8. The Bertz CT molecular complexity index is 528. The second-order valence-corrected chi connectivity index (χ2v) is 4.86. The Morgan fingerprint density at radius 2 is 2.10 bits per heavy atom. The predicted molar refractivity (Wildman–Crippen MR) is 72.4 cm³/mol. The molecule has 2 rings (SSSR count). The summed E-state index contributed by atoms with van der Waals surface area (Å²) in [4.78, 5) is 31.3. The zero-order chi connectivity index (χ0) is 14.7. The molecule has 1 amide bonds. The number of carbonyl (C=O) groups is 2. The first-order valence-electron chi connectivity index (χ1n) is 6.50. The van der Waals surface area contributed by atoms with Crippen LogP contribution in [0.3, 0.4) is 0 Å². The molecule has 0 aliphatic heterocycles. The summed E-state index contributed by atoms with van der Waals surface area (Å²) in [5.74, 6) is -0.281. The largest absolute Gasteiger partial charge is 0.463 e. The van der Waals surface area contributed by atoms with Crippen LogP contribution in [0.4, 0.5) is 5.82 Å². The Balaban J connectivity index is 2.05. The van der Waals surface area contributed by atoms with Gasteiger partial charge in [0.25, 0.3) is 0 Å². The van der Waals surface area contributed by atoms with Gasteiger partial charge in [0.1, 0.15) is 11.9 Å². The molecule has 0 bridgehead atoms. The van der Waals surface area contributed by atoms with Gasteiger partial charge in [-0.2, -0.15) is 0 Å². The van der Waals surface area contributed by atoms with E-state index >= 15 is 0 Å². The van der Waals surface area contributed by atoms with Crippen LogP contribution in [-0.4, -0.2) is 41.0 Å². The summed E-state index contributed by atoms with van der Waals surface area (Å²) < 4.78 is 4.59. The number of rotatable bonds is 5. The molecule has 7 heteroatoms. The van der Waals surface area contributed by atoms with Gasteiger partial charge in [-0.05, 0) is 26.7 Å². The summed E-state index contributed by atoms with van der Waals surface area (Å²) in [6.07, 6.45) is 2.08. The van der Waals surface area contributed by atoms with Gasteiger partial charge in [0.05, 0.1) is 7.11 Å². The normalized spacial score (nSPS) is 15.3. The highest BCUT2D eigenvalue weighted by molar-refractivity contribution is 5.86. The highest BCUT2D eigenvalue weighted by Gasteiger charge is 2.25. The Morgan fingerprint density at radius 3 is 2.70 bits per heavy atom. The molecule has 0 radical (unpaired) electrons. The molecule has 20 heavy (non-hydrogen) atoms. The molecule has 7 nitrogen and oxygen atoms in total. The lowest BCUT2D eigenvalue weighted by Crippen LogP contribution is -2.39. The van der Waals surface area contributed by atoms with Gasteiger partial charge in [0.2, 0.25) is 11.7 Å². The SMILES string of the molecule is COC(=O)c1nc(C)cc(NC(C)C(=O)NC2CC2)n1. The molecule has 0 spiro atoms. The van der Waals surface area contributed by atoms with Crippen molar-refractivity contribution < 1.29 is 14.3 Å². The number of hydrogen-bond donors (Lipinski definition) is 2. The molecule has 0 saturated heterocycles. The average Bonchev–Trinajstić information content (AvgIpc) is 3.20. The lowest BCUT2D eigenvalue weighted by atomic mass is 10.3. The lowest BCUT2D eigenvalue weighted by molar-refractivity contribution is -0.121.